The number of hydrogen-bond donors (Lipinski definition) is 2. The number of urea groups is 1. The van der Waals surface area contributed by atoms with Crippen molar-refractivity contribution >= 4 is 6.03 Å². The first-order chi connectivity index (χ1) is 11.0. The standard InChI is InChI=1S/C18H28N2O3/c1-14(12-21)20(2)17(22)19-13-18(10-6-7-11-18)15-8-4-5-9-16(15)23-3/h4-5,8-9,14,21H,6-7,10-13H2,1-3H3,(H,19,22). The summed E-state index contributed by atoms with van der Waals surface area (Å²) in [6.07, 6.45) is 4.42. The fourth-order valence-corrected chi connectivity index (χ4v) is 3.37. The summed E-state index contributed by atoms with van der Waals surface area (Å²) in [6.45, 7) is 2.38. The lowest BCUT2D eigenvalue weighted by atomic mass is 9.78. The van der Waals surface area contributed by atoms with Crippen molar-refractivity contribution in [1.82, 2.24) is 10.2 Å². The molecule has 0 aliphatic heterocycles. The van der Waals surface area contributed by atoms with E-state index < -0.39 is 0 Å². The molecule has 2 rings (SSSR count). The van der Waals surface area contributed by atoms with E-state index >= 15 is 0 Å². The molecular weight excluding hydrogens is 292 g/mol. The topological polar surface area (TPSA) is 61.8 Å². The van der Waals surface area contributed by atoms with Gasteiger partial charge in [-0.1, -0.05) is 31.0 Å². The largest absolute Gasteiger partial charge is 0.496 e. The van der Waals surface area contributed by atoms with Crippen molar-refractivity contribution in [3.63, 3.8) is 0 Å². The third-order valence-corrected chi connectivity index (χ3v) is 5.06. The number of hydrogen-bond acceptors (Lipinski definition) is 3. The fourth-order valence-electron chi connectivity index (χ4n) is 3.37. The lowest BCUT2D eigenvalue weighted by Gasteiger charge is -2.33. The van der Waals surface area contributed by atoms with Crippen LogP contribution in [0.4, 0.5) is 4.79 Å². The Morgan fingerprint density at radius 3 is 2.65 bits per heavy atom. The number of nitrogens with zero attached hydrogens (tertiary/aromatic N) is 1. The van der Waals surface area contributed by atoms with Crippen LogP contribution in [0.3, 0.4) is 0 Å². The molecule has 1 aliphatic rings. The Hall–Kier alpha value is -1.75. The molecule has 5 heteroatoms. The van der Waals surface area contributed by atoms with Gasteiger partial charge in [0.15, 0.2) is 0 Å². The fraction of sp³-hybridized carbons (Fsp3) is 0.611. The molecule has 2 N–H and O–H groups in total. The highest BCUT2D eigenvalue weighted by Gasteiger charge is 2.38. The van der Waals surface area contributed by atoms with Crippen molar-refractivity contribution in [3.05, 3.63) is 29.8 Å². The molecule has 1 atom stereocenters. The minimum absolute atomic E-state index is 0.0401. The predicted octanol–water partition coefficient (Wildman–Crippen LogP) is 2.53. The van der Waals surface area contributed by atoms with Crippen molar-refractivity contribution in [1.29, 1.82) is 0 Å². The summed E-state index contributed by atoms with van der Waals surface area (Å²) in [6, 6.07) is 7.75. The second-order valence-corrected chi connectivity index (χ2v) is 6.49. The van der Waals surface area contributed by atoms with Gasteiger partial charge < -0.3 is 20.1 Å². The van der Waals surface area contributed by atoms with E-state index in [0.29, 0.717) is 6.54 Å². The highest BCUT2D eigenvalue weighted by atomic mass is 16.5. The number of rotatable bonds is 6. The minimum atomic E-state index is -0.194. The van der Waals surface area contributed by atoms with Crippen LogP contribution in [0.1, 0.15) is 38.2 Å². The maximum absolute atomic E-state index is 12.3. The zero-order valence-corrected chi connectivity index (χ0v) is 14.3. The molecule has 0 radical (unpaired) electrons. The molecule has 1 fully saturated rings. The summed E-state index contributed by atoms with van der Waals surface area (Å²) in [4.78, 5) is 13.8. The number of likely N-dealkylation sites (N-methyl/N-ethyl adjacent to an activating group) is 1. The number of amides is 2. The third-order valence-electron chi connectivity index (χ3n) is 5.06. The molecule has 2 amide bonds. The number of aliphatic hydroxyl groups excluding tert-OH is 1. The molecule has 23 heavy (non-hydrogen) atoms. The van der Waals surface area contributed by atoms with Crippen LogP contribution in [0.15, 0.2) is 24.3 Å². The quantitative estimate of drug-likeness (QED) is 0.847. The van der Waals surface area contributed by atoms with Crippen LogP contribution in [0.2, 0.25) is 0 Å². The van der Waals surface area contributed by atoms with Gasteiger partial charge in [0.1, 0.15) is 5.75 Å². The van der Waals surface area contributed by atoms with Gasteiger partial charge in [-0.3, -0.25) is 0 Å². The van der Waals surface area contributed by atoms with Gasteiger partial charge in [-0.05, 0) is 25.8 Å². The lowest BCUT2D eigenvalue weighted by Crippen LogP contribution is -2.48. The molecule has 5 nitrogen and oxygen atoms in total. The Balaban J connectivity index is 2.14. The molecule has 0 bridgehead atoms. The summed E-state index contributed by atoms with van der Waals surface area (Å²) < 4.78 is 5.54. The first kappa shape index (κ1) is 17.6. The second-order valence-electron chi connectivity index (χ2n) is 6.49. The summed E-state index contributed by atoms with van der Waals surface area (Å²) in [5.41, 5.74) is 1.11. The summed E-state index contributed by atoms with van der Waals surface area (Å²) >= 11 is 0. The molecule has 0 spiro atoms. The van der Waals surface area contributed by atoms with E-state index in [9.17, 15) is 9.90 Å². The molecule has 1 aliphatic carbocycles. The van der Waals surface area contributed by atoms with Gasteiger partial charge >= 0.3 is 6.03 Å². The number of carbonyl (C=O) groups is 1. The van der Waals surface area contributed by atoms with Crippen LogP contribution in [0.25, 0.3) is 0 Å². The van der Waals surface area contributed by atoms with Crippen LogP contribution in [0, 0.1) is 0 Å². The van der Waals surface area contributed by atoms with E-state index in [1.54, 1.807) is 19.1 Å². The van der Waals surface area contributed by atoms with Gasteiger partial charge in [-0.2, -0.15) is 0 Å². The van der Waals surface area contributed by atoms with Gasteiger partial charge in [0.25, 0.3) is 0 Å². The van der Waals surface area contributed by atoms with Crippen molar-refractivity contribution in [2.24, 2.45) is 0 Å². The van der Waals surface area contributed by atoms with Gasteiger partial charge in [-0.25, -0.2) is 4.79 Å². The second kappa shape index (κ2) is 7.68. The molecule has 128 valence electrons. The lowest BCUT2D eigenvalue weighted by molar-refractivity contribution is 0.155. The third kappa shape index (κ3) is 3.78. The van der Waals surface area contributed by atoms with Crippen LogP contribution in [0.5, 0.6) is 5.75 Å². The highest BCUT2D eigenvalue weighted by molar-refractivity contribution is 5.74. The van der Waals surface area contributed by atoms with Crippen molar-refractivity contribution in [2.75, 3.05) is 27.3 Å². The van der Waals surface area contributed by atoms with Gasteiger partial charge in [0.2, 0.25) is 0 Å². The van der Waals surface area contributed by atoms with E-state index in [1.807, 2.05) is 25.1 Å². The Bertz CT molecular complexity index is 527. The molecule has 0 heterocycles. The van der Waals surface area contributed by atoms with Gasteiger partial charge in [0.05, 0.1) is 19.8 Å². The Morgan fingerprint density at radius 2 is 2.04 bits per heavy atom. The number of para-hydroxylation sites is 1. The van der Waals surface area contributed by atoms with Gasteiger partial charge in [0, 0.05) is 24.6 Å². The molecule has 0 saturated heterocycles. The molecule has 0 aromatic heterocycles. The average molecular weight is 320 g/mol. The normalized spacial score (nSPS) is 17.6. The highest BCUT2D eigenvalue weighted by Crippen LogP contribution is 2.44. The Labute approximate surface area is 138 Å². The first-order valence-corrected chi connectivity index (χ1v) is 8.29. The molecule has 1 saturated carbocycles. The van der Waals surface area contributed by atoms with E-state index in [4.69, 9.17) is 4.74 Å². The zero-order chi connectivity index (χ0) is 16.9. The van der Waals surface area contributed by atoms with E-state index in [2.05, 4.69) is 11.4 Å². The van der Waals surface area contributed by atoms with E-state index in [1.165, 1.54) is 5.56 Å². The number of ether oxygens (including phenoxy) is 1. The van der Waals surface area contributed by atoms with E-state index in [-0.39, 0.29) is 24.1 Å². The number of nitrogens with one attached hydrogen (secondary N) is 1. The first-order valence-electron chi connectivity index (χ1n) is 8.29. The van der Waals surface area contributed by atoms with Crippen molar-refractivity contribution in [3.8, 4) is 5.75 Å². The summed E-state index contributed by atoms with van der Waals surface area (Å²) in [5.74, 6) is 0.890. The number of benzene rings is 1. The molecule has 1 aromatic rings. The molecular formula is C18H28N2O3. The zero-order valence-electron chi connectivity index (χ0n) is 14.3. The van der Waals surface area contributed by atoms with E-state index in [0.717, 1.165) is 31.4 Å². The SMILES string of the molecule is COc1ccccc1C1(CNC(=O)N(C)C(C)CO)CCCC1. The van der Waals surface area contributed by atoms with Crippen LogP contribution in [-0.2, 0) is 5.41 Å². The van der Waals surface area contributed by atoms with Crippen LogP contribution >= 0.6 is 0 Å². The molecule has 1 aromatic carbocycles. The smallest absolute Gasteiger partial charge is 0.317 e. The number of carbonyl (C=O) groups excluding carboxylic acids is 1. The predicted molar refractivity (Wildman–Crippen MR) is 90.8 cm³/mol. The summed E-state index contributed by atoms with van der Waals surface area (Å²) in [5, 5.41) is 12.2. The maximum atomic E-state index is 12.3. The van der Waals surface area contributed by atoms with Crippen molar-refractivity contribution in [2.45, 2.75) is 44.1 Å². The van der Waals surface area contributed by atoms with Gasteiger partial charge in [-0.15, -0.1) is 0 Å². The van der Waals surface area contributed by atoms with Crippen LogP contribution in [-0.4, -0.2) is 49.4 Å². The Kier molecular flexibility index (Phi) is 5.88. The van der Waals surface area contributed by atoms with Crippen molar-refractivity contribution < 1.29 is 14.6 Å². The van der Waals surface area contributed by atoms with Crippen LogP contribution < -0.4 is 10.1 Å². The monoisotopic (exact) mass is 320 g/mol. The Morgan fingerprint density at radius 1 is 1.39 bits per heavy atom. The number of aliphatic hydroxyl groups is 1. The average Bonchev–Trinajstić information content (AvgIpc) is 3.08. The number of methoxy groups -OCH3 is 1. The minimum Gasteiger partial charge on any atom is -0.496 e. The molecule has 1 unspecified atom stereocenters. The maximum Gasteiger partial charge on any atom is 0.317 e. The summed E-state index contributed by atoms with van der Waals surface area (Å²) in [7, 11) is 3.40.